The molecule has 0 radical (unpaired) electrons. The van der Waals surface area contributed by atoms with Crippen LogP contribution in [-0.4, -0.2) is 21.5 Å². The van der Waals surface area contributed by atoms with Gasteiger partial charge in [0.15, 0.2) is 0 Å². The van der Waals surface area contributed by atoms with Gasteiger partial charge in [0.1, 0.15) is 15.7 Å². The molecular formula is C11H10B2OS. The topological polar surface area (TPSA) is 17.1 Å². The van der Waals surface area contributed by atoms with Crippen molar-refractivity contribution in [1.82, 2.24) is 0 Å². The van der Waals surface area contributed by atoms with Crippen LogP contribution in [0.3, 0.4) is 0 Å². The van der Waals surface area contributed by atoms with Crippen molar-refractivity contribution in [1.29, 1.82) is 0 Å². The van der Waals surface area contributed by atoms with Gasteiger partial charge in [-0.1, -0.05) is 35.2 Å². The van der Waals surface area contributed by atoms with E-state index in [9.17, 15) is 4.79 Å². The van der Waals surface area contributed by atoms with Gasteiger partial charge in [0.25, 0.3) is 0 Å². The van der Waals surface area contributed by atoms with Gasteiger partial charge >= 0.3 is 0 Å². The van der Waals surface area contributed by atoms with Gasteiger partial charge in [-0.3, -0.25) is 4.79 Å². The molecule has 2 rings (SSSR count). The van der Waals surface area contributed by atoms with Crippen LogP contribution in [0.4, 0.5) is 0 Å². The molecule has 15 heavy (non-hydrogen) atoms. The minimum atomic E-state index is 0.122. The number of thiophene rings is 1. The molecule has 0 aliphatic heterocycles. The molecule has 0 aliphatic carbocycles. The van der Waals surface area contributed by atoms with Gasteiger partial charge < -0.3 is 0 Å². The predicted molar refractivity (Wildman–Crippen MR) is 70.5 cm³/mol. The maximum absolute atomic E-state index is 12.0. The van der Waals surface area contributed by atoms with E-state index in [-0.39, 0.29) is 5.78 Å². The summed E-state index contributed by atoms with van der Waals surface area (Å²) < 4.78 is 0. The van der Waals surface area contributed by atoms with Crippen molar-refractivity contribution in [3.63, 3.8) is 0 Å². The molecule has 1 aromatic carbocycles. The third-order valence-electron chi connectivity index (χ3n) is 2.23. The van der Waals surface area contributed by atoms with Crippen LogP contribution in [0.1, 0.15) is 15.2 Å². The van der Waals surface area contributed by atoms with Crippen molar-refractivity contribution in [2.24, 2.45) is 0 Å². The molecule has 0 unspecified atom stereocenters. The lowest BCUT2D eigenvalue weighted by atomic mass is 9.93. The highest BCUT2D eigenvalue weighted by atomic mass is 32.1. The second-order valence-electron chi connectivity index (χ2n) is 3.69. The number of hydrogen-bond donors (Lipinski definition) is 0. The number of hydrogen-bond acceptors (Lipinski definition) is 2. The molecule has 1 nitrogen and oxygen atoms in total. The zero-order valence-corrected chi connectivity index (χ0v) is 9.60. The van der Waals surface area contributed by atoms with Crippen LogP contribution in [0.15, 0.2) is 35.7 Å². The molecule has 0 amide bonds. The highest BCUT2D eigenvalue weighted by Crippen LogP contribution is 2.12. The number of ketones is 1. The second kappa shape index (κ2) is 4.07. The first-order valence-corrected chi connectivity index (χ1v) is 5.71. The summed E-state index contributed by atoms with van der Waals surface area (Å²) in [4.78, 5) is 12.8. The third-order valence-corrected chi connectivity index (χ3v) is 3.28. The van der Waals surface area contributed by atoms with E-state index in [0.29, 0.717) is 0 Å². The predicted octanol–water partition coefficient (Wildman–Crippen LogP) is -0.504. The minimum Gasteiger partial charge on any atom is -0.288 e. The Morgan fingerprint density at radius 3 is 2.53 bits per heavy atom. The largest absolute Gasteiger partial charge is 0.288 e. The maximum Gasteiger partial charge on any atom is 0.202 e. The first-order valence-electron chi connectivity index (χ1n) is 4.83. The Balaban J connectivity index is 2.36. The van der Waals surface area contributed by atoms with Gasteiger partial charge in [-0.25, -0.2) is 0 Å². The fourth-order valence-electron chi connectivity index (χ4n) is 1.48. The Hall–Kier alpha value is -1.28. The fourth-order valence-corrected chi connectivity index (χ4v) is 2.34. The van der Waals surface area contributed by atoms with Crippen LogP contribution in [0.25, 0.3) is 0 Å². The summed E-state index contributed by atoms with van der Waals surface area (Å²) in [7, 11) is 4.00. The lowest BCUT2D eigenvalue weighted by molar-refractivity contribution is 0.104. The molecule has 72 valence electrons. The van der Waals surface area contributed by atoms with E-state index >= 15 is 0 Å². The third kappa shape index (κ3) is 2.21. The lowest BCUT2D eigenvalue weighted by Crippen LogP contribution is -2.07. The van der Waals surface area contributed by atoms with Crippen LogP contribution in [0.2, 0.25) is 0 Å². The van der Waals surface area contributed by atoms with Crippen molar-refractivity contribution >= 4 is 43.7 Å². The normalized spacial score (nSPS) is 10.1. The summed E-state index contributed by atoms with van der Waals surface area (Å²) in [5, 5.41) is 2.00. The van der Waals surface area contributed by atoms with Gasteiger partial charge in [0.05, 0.1) is 4.88 Å². The molecule has 0 aliphatic rings. The first-order chi connectivity index (χ1) is 7.16. The number of carbonyl (C=O) groups excluding carboxylic acids is 1. The second-order valence-corrected chi connectivity index (χ2v) is 4.60. The minimum absolute atomic E-state index is 0.122. The molecule has 0 N–H and O–H groups in total. The SMILES string of the molecule is Bc1cccc(C(=O)c2cc(B)cs2)c1. The van der Waals surface area contributed by atoms with Crippen molar-refractivity contribution in [3.05, 3.63) is 46.2 Å². The van der Waals surface area contributed by atoms with E-state index in [1.54, 1.807) is 0 Å². The molecule has 0 saturated heterocycles. The standard InChI is InChI=1S/C11H10B2OS/c12-8-3-1-2-7(4-8)11(14)10-5-9(13)6-15-10/h1-6H,12-13H2. The van der Waals surface area contributed by atoms with Crippen LogP contribution in [0, 0.1) is 0 Å². The van der Waals surface area contributed by atoms with Crippen molar-refractivity contribution in [2.75, 3.05) is 0 Å². The molecule has 0 spiro atoms. The number of rotatable bonds is 2. The van der Waals surface area contributed by atoms with Gasteiger partial charge in [-0.2, -0.15) is 0 Å². The highest BCUT2D eigenvalue weighted by molar-refractivity contribution is 7.13. The zero-order valence-electron chi connectivity index (χ0n) is 8.78. The Labute approximate surface area is 95.0 Å². The number of carbonyl (C=O) groups is 1. The summed E-state index contributed by atoms with van der Waals surface area (Å²) in [6.45, 7) is 0. The summed E-state index contributed by atoms with van der Waals surface area (Å²) in [5.41, 5.74) is 3.04. The molecule has 0 bridgehead atoms. The molecule has 4 heteroatoms. The molecule has 2 aromatic rings. The lowest BCUT2D eigenvalue weighted by Gasteiger charge is -1.99. The van der Waals surface area contributed by atoms with Crippen molar-refractivity contribution < 1.29 is 4.79 Å². The molecule has 0 fully saturated rings. The average Bonchev–Trinajstić information content (AvgIpc) is 2.64. The summed E-state index contributed by atoms with van der Waals surface area (Å²) in [6, 6.07) is 9.65. The first kappa shape index (κ1) is 10.2. The Morgan fingerprint density at radius 1 is 1.13 bits per heavy atom. The van der Waals surface area contributed by atoms with Crippen LogP contribution in [0.5, 0.6) is 0 Å². The Kier molecular flexibility index (Phi) is 2.78. The quantitative estimate of drug-likeness (QED) is 0.484. The molecule has 0 saturated carbocycles. The molecule has 1 heterocycles. The smallest absolute Gasteiger partial charge is 0.202 e. The van der Waals surface area contributed by atoms with Gasteiger partial charge in [-0.15, -0.1) is 11.3 Å². The van der Waals surface area contributed by atoms with Gasteiger partial charge in [-0.05, 0) is 11.4 Å². The number of benzene rings is 1. The molecule has 1 aromatic heterocycles. The van der Waals surface area contributed by atoms with Crippen LogP contribution >= 0.6 is 11.3 Å². The van der Waals surface area contributed by atoms with E-state index in [1.807, 2.05) is 51.4 Å². The van der Waals surface area contributed by atoms with E-state index < -0.39 is 0 Å². The van der Waals surface area contributed by atoms with E-state index in [2.05, 4.69) is 0 Å². The van der Waals surface area contributed by atoms with Crippen molar-refractivity contribution in [2.45, 2.75) is 0 Å². The van der Waals surface area contributed by atoms with E-state index in [0.717, 1.165) is 21.4 Å². The average molecular weight is 212 g/mol. The zero-order chi connectivity index (χ0) is 10.8. The van der Waals surface area contributed by atoms with Crippen LogP contribution in [-0.2, 0) is 0 Å². The highest BCUT2D eigenvalue weighted by Gasteiger charge is 2.10. The summed E-state index contributed by atoms with van der Waals surface area (Å²) >= 11 is 1.51. The summed E-state index contributed by atoms with van der Waals surface area (Å²) in [6.07, 6.45) is 0. The van der Waals surface area contributed by atoms with Crippen LogP contribution < -0.4 is 10.9 Å². The summed E-state index contributed by atoms with van der Waals surface area (Å²) in [5.74, 6) is 0.122. The van der Waals surface area contributed by atoms with Gasteiger partial charge in [0.2, 0.25) is 5.78 Å². The van der Waals surface area contributed by atoms with E-state index in [1.165, 1.54) is 11.3 Å². The van der Waals surface area contributed by atoms with Crippen molar-refractivity contribution in [3.8, 4) is 0 Å². The fraction of sp³-hybridized carbons (Fsp3) is 0. The molecular weight excluding hydrogens is 202 g/mol. The molecule has 0 atom stereocenters. The van der Waals surface area contributed by atoms with E-state index in [4.69, 9.17) is 0 Å². The monoisotopic (exact) mass is 212 g/mol. The Bertz CT molecular complexity index is 505. The van der Waals surface area contributed by atoms with Gasteiger partial charge in [0, 0.05) is 5.56 Å². The Morgan fingerprint density at radius 2 is 1.93 bits per heavy atom. The maximum atomic E-state index is 12.0.